The van der Waals surface area contributed by atoms with E-state index in [0.29, 0.717) is 5.92 Å². The Morgan fingerprint density at radius 2 is 2.00 bits per heavy atom. The van der Waals surface area contributed by atoms with Gasteiger partial charge in [-0.3, -0.25) is 4.98 Å². The van der Waals surface area contributed by atoms with Crippen LogP contribution in [0.3, 0.4) is 0 Å². The van der Waals surface area contributed by atoms with Crippen LogP contribution in [0.2, 0.25) is 0 Å². The number of benzene rings is 1. The number of hydrogen-bond donors (Lipinski definition) is 1. The maximum atomic E-state index is 6.08. The van der Waals surface area contributed by atoms with E-state index in [1.165, 1.54) is 11.1 Å². The summed E-state index contributed by atoms with van der Waals surface area (Å²) < 4.78 is 0. The molecule has 86 valence electrons. The predicted octanol–water partition coefficient (Wildman–Crippen LogP) is 2.10. The first-order valence-electron chi connectivity index (χ1n) is 5.84. The number of aromatic nitrogens is 1. The van der Waals surface area contributed by atoms with Crippen molar-refractivity contribution in [3.05, 3.63) is 59.9 Å². The molecule has 17 heavy (non-hydrogen) atoms. The topological polar surface area (TPSA) is 42.1 Å². The molecule has 0 radical (unpaired) electrons. The number of anilines is 1. The van der Waals surface area contributed by atoms with Gasteiger partial charge in [0.15, 0.2) is 0 Å². The molecule has 2 heterocycles. The minimum atomic E-state index is 0.456. The Morgan fingerprint density at radius 3 is 2.82 bits per heavy atom. The third kappa shape index (κ3) is 1.89. The molecule has 3 rings (SSSR count). The fraction of sp³-hybridized carbons (Fsp3) is 0.214. The summed E-state index contributed by atoms with van der Waals surface area (Å²) in [5.74, 6) is 6.54. The van der Waals surface area contributed by atoms with Gasteiger partial charge in [0.2, 0.25) is 0 Å². The molecule has 0 saturated heterocycles. The van der Waals surface area contributed by atoms with E-state index >= 15 is 0 Å². The highest BCUT2D eigenvalue weighted by Crippen LogP contribution is 2.31. The van der Waals surface area contributed by atoms with Crippen LogP contribution in [0.5, 0.6) is 0 Å². The van der Waals surface area contributed by atoms with E-state index in [2.05, 4.69) is 29.2 Å². The summed E-state index contributed by atoms with van der Waals surface area (Å²) in [6.45, 7) is 0.862. The molecular weight excluding hydrogens is 210 g/mol. The molecule has 2 N–H and O–H groups in total. The van der Waals surface area contributed by atoms with E-state index in [1.807, 2.05) is 23.3 Å². The zero-order valence-electron chi connectivity index (χ0n) is 9.58. The molecule has 0 bridgehead atoms. The second-order valence-corrected chi connectivity index (χ2v) is 4.47. The zero-order chi connectivity index (χ0) is 11.7. The molecule has 3 nitrogen and oxygen atoms in total. The monoisotopic (exact) mass is 225 g/mol. The number of fused-ring (bicyclic) bond motifs is 1. The van der Waals surface area contributed by atoms with Crippen LogP contribution >= 0.6 is 0 Å². The summed E-state index contributed by atoms with van der Waals surface area (Å²) in [6, 6.07) is 12.5. The van der Waals surface area contributed by atoms with E-state index < -0.39 is 0 Å². The molecule has 0 aliphatic carbocycles. The first-order valence-corrected chi connectivity index (χ1v) is 5.84. The van der Waals surface area contributed by atoms with Crippen LogP contribution < -0.4 is 10.9 Å². The summed E-state index contributed by atoms with van der Waals surface area (Å²) in [4.78, 5) is 4.18. The number of pyridine rings is 1. The van der Waals surface area contributed by atoms with Crippen molar-refractivity contribution in [3.8, 4) is 0 Å². The van der Waals surface area contributed by atoms with Gasteiger partial charge in [-0.2, -0.15) is 0 Å². The summed E-state index contributed by atoms with van der Waals surface area (Å²) >= 11 is 0. The van der Waals surface area contributed by atoms with Gasteiger partial charge in [0, 0.05) is 24.9 Å². The molecule has 0 fully saturated rings. The fourth-order valence-electron chi connectivity index (χ4n) is 2.47. The Labute approximate surface area is 101 Å². The Hall–Kier alpha value is -1.87. The molecule has 1 aromatic carbocycles. The molecule has 2 aromatic rings. The number of nitrogens with zero attached hydrogens (tertiary/aromatic N) is 2. The van der Waals surface area contributed by atoms with Gasteiger partial charge in [-0.15, -0.1) is 0 Å². The number of hydrazine groups is 1. The van der Waals surface area contributed by atoms with E-state index in [4.69, 9.17) is 5.84 Å². The Balaban J connectivity index is 1.94. The van der Waals surface area contributed by atoms with E-state index in [0.717, 1.165) is 18.7 Å². The predicted molar refractivity (Wildman–Crippen MR) is 68.7 cm³/mol. The van der Waals surface area contributed by atoms with Gasteiger partial charge >= 0.3 is 0 Å². The average Bonchev–Trinajstić information content (AvgIpc) is 2.40. The third-order valence-corrected chi connectivity index (χ3v) is 3.34. The minimum absolute atomic E-state index is 0.456. The highest BCUT2D eigenvalue weighted by molar-refractivity contribution is 5.54. The highest BCUT2D eigenvalue weighted by atomic mass is 15.4. The van der Waals surface area contributed by atoms with Crippen molar-refractivity contribution in [1.29, 1.82) is 0 Å². The van der Waals surface area contributed by atoms with Crippen molar-refractivity contribution in [1.82, 2.24) is 4.98 Å². The van der Waals surface area contributed by atoms with Gasteiger partial charge in [-0.25, -0.2) is 5.84 Å². The lowest BCUT2D eigenvalue weighted by Crippen LogP contribution is -2.39. The molecule has 1 aliphatic heterocycles. The van der Waals surface area contributed by atoms with Crippen LogP contribution in [-0.4, -0.2) is 11.5 Å². The van der Waals surface area contributed by atoms with Crippen molar-refractivity contribution < 1.29 is 0 Å². The average molecular weight is 225 g/mol. The molecular formula is C14H15N3. The van der Waals surface area contributed by atoms with Crippen molar-refractivity contribution in [2.24, 2.45) is 5.84 Å². The molecule has 0 saturated carbocycles. The lowest BCUT2D eigenvalue weighted by Gasteiger charge is -2.32. The minimum Gasteiger partial charge on any atom is -0.310 e. The lowest BCUT2D eigenvalue weighted by molar-refractivity contribution is 0.617. The van der Waals surface area contributed by atoms with Crippen molar-refractivity contribution in [2.45, 2.75) is 12.3 Å². The quantitative estimate of drug-likeness (QED) is 0.756. The molecule has 1 atom stereocenters. The standard InChI is InChI=1S/C14H15N3/c15-17-10-13(11-4-2-1-3-5-11)8-12-9-16-7-6-14(12)17/h1-7,9,13H,8,10,15H2. The van der Waals surface area contributed by atoms with Crippen molar-refractivity contribution in [3.63, 3.8) is 0 Å². The van der Waals surface area contributed by atoms with Gasteiger partial charge in [0.25, 0.3) is 0 Å². The summed E-state index contributed by atoms with van der Waals surface area (Å²) in [6.07, 6.45) is 4.73. The van der Waals surface area contributed by atoms with Crippen LogP contribution in [-0.2, 0) is 6.42 Å². The van der Waals surface area contributed by atoms with E-state index in [-0.39, 0.29) is 0 Å². The van der Waals surface area contributed by atoms with Gasteiger partial charge in [0.05, 0.1) is 5.69 Å². The Kier molecular flexibility index (Phi) is 2.53. The molecule has 3 heteroatoms. The molecule has 0 spiro atoms. The molecule has 0 amide bonds. The Morgan fingerprint density at radius 1 is 1.18 bits per heavy atom. The Bertz CT molecular complexity index is 510. The molecule has 1 aliphatic rings. The summed E-state index contributed by atoms with van der Waals surface area (Å²) in [5, 5.41) is 1.83. The summed E-state index contributed by atoms with van der Waals surface area (Å²) in [5.41, 5.74) is 3.68. The smallest absolute Gasteiger partial charge is 0.0580 e. The lowest BCUT2D eigenvalue weighted by atomic mass is 9.89. The first kappa shape index (κ1) is 10.3. The third-order valence-electron chi connectivity index (χ3n) is 3.34. The van der Waals surface area contributed by atoms with E-state index in [9.17, 15) is 0 Å². The normalized spacial score (nSPS) is 18.9. The van der Waals surface area contributed by atoms with Gasteiger partial charge in [-0.1, -0.05) is 30.3 Å². The second kappa shape index (κ2) is 4.18. The van der Waals surface area contributed by atoms with Gasteiger partial charge < -0.3 is 5.01 Å². The summed E-state index contributed by atoms with van der Waals surface area (Å²) in [7, 11) is 0. The zero-order valence-corrected chi connectivity index (χ0v) is 9.58. The van der Waals surface area contributed by atoms with Crippen LogP contribution in [0.4, 0.5) is 5.69 Å². The highest BCUT2D eigenvalue weighted by Gasteiger charge is 2.23. The van der Waals surface area contributed by atoms with Crippen LogP contribution in [0.25, 0.3) is 0 Å². The largest absolute Gasteiger partial charge is 0.310 e. The number of hydrogen-bond acceptors (Lipinski definition) is 3. The van der Waals surface area contributed by atoms with Crippen molar-refractivity contribution >= 4 is 5.69 Å². The SMILES string of the molecule is NN1CC(c2ccccc2)Cc2cnccc21. The molecule has 1 unspecified atom stereocenters. The fourth-order valence-corrected chi connectivity index (χ4v) is 2.47. The van der Waals surface area contributed by atoms with Gasteiger partial charge in [-0.05, 0) is 23.6 Å². The van der Waals surface area contributed by atoms with Crippen LogP contribution in [0.1, 0.15) is 17.0 Å². The first-order chi connectivity index (χ1) is 8.34. The van der Waals surface area contributed by atoms with Crippen molar-refractivity contribution in [2.75, 3.05) is 11.6 Å². The van der Waals surface area contributed by atoms with Crippen LogP contribution in [0, 0.1) is 0 Å². The number of rotatable bonds is 1. The maximum Gasteiger partial charge on any atom is 0.0580 e. The van der Waals surface area contributed by atoms with Gasteiger partial charge in [0.1, 0.15) is 0 Å². The van der Waals surface area contributed by atoms with Crippen LogP contribution in [0.15, 0.2) is 48.8 Å². The van der Waals surface area contributed by atoms with E-state index in [1.54, 1.807) is 6.20 Å². The molecule has 1 aromatic heterocycles. The number of nitrogens with two attached hydrogens (primary N) is 1. The maximum absolute atomic E-state index is 6.08. The second-order valence-electron chi connectivity index (χ2n) is 4.47.